The lowest BCUT2D eigenvalue weighted by Gasteiger charge is -2.29. The van der Waals surface area contributed by atoms with Crippen molar-refractivity contribution in [2.45, 2.75) is 38.4 Å². The fourth-order valence-corrected chi connectivity index (χ4v) is 1.97. The summed E-state index contributed by atoms with van der Waals surface area (Å²) in [6, 6.07) is 7.74. The van der Waals surface area contributed by atoms with Crippen LogP contribution >= 0.6 is 0 Å². The molecule has 2 heteroatoms. The van der Waals surface area contributed by atoms with Crippen molar-refractivity contribution in [2.24, 2.45) is 0 Å². The van der Waals surface area contributed by atoms with Crippen LogP contribution in [0.4, 0.5) is 0 Å². The van der Waals surface area contributed by atoms with Crippen molar-refractivity contribution in [2.75, 3.05) is 0 Å². The second kappa shape index (κ2) is 4.01. The lowest BCUT2D eigenvalue weighted by atomic mass is 9.97. The molecule has 0 radical (unpaired) electrons. The van der Waals surface area contributed by atoms with Crippen molar-refractivity contribution in [3.05, 3.63) is 29.8 Å². The fraction of sp³-hybridized carbons (Fsp3) is 0.500. The molecule has 1 aromatic carbocycles. The second-order valence-corrected chi connectivity index (χ2v) is 3.82. The van der Waals surface area contributed by atoms with E-state index in [4.69, 9.17) is 4.74 Å². The Bertz CT molecular complexity index is 309. The Labute approximate surface area is 84.5 Å². The Morgan fingerprint density at radius 1 is 1.43 bits per heavy atom. The molecule has 0 fully saturated rings. The van der Waals surface area contributed by atoms with Crippen molar-refractivity contribution in [1.82, 2.24) is 0 Å². The van der Waals surface area contributed by atoms with Gasteiger partial charge in [0.2, 0.25) is 0 Å². The summed E-state index contributed by atoms with van der Waals surface area (Å²) in [5.41, 5.74) is 0.930. The summed E-state index contributed by atoms with van der Waals surface area (Å²) in [6.45, 7) is 2.14. The van der Waals surface area contributed by atoms with Crippen molar-refractivity contribution < 1.29 is 9.84 Å². The van der Waals surface area contributed by atoms with Gasteiger partial charge in [-0.1, -0.05) is 31.5 Å². The van der Waals surface area contributed by atoms with E-state index in [9.17, 15) is 5.11 Å². The summed E-state index contributed by atoms with van der Waals surface area (Å²) in [6.07, 6.45) is 2.68. The molecule has 0 saturated carbocycles. The van der Waals surface area contributed by atoms with E-state index in [2.05, 4.69) is 6.92 Å². The van der Waals surface area contributed by atoms with Gasteiger partial charge in [0.05, 0.1) is 6.10 Å². The number of hydrogen-bond acceptors (Lipinski definition) is 2. The largest absolute Gasteiger partial charge is 0.490 e. The van der Waals surface area contributed by atoms with Gasteiger partial charge in [0, 0.05) is 12.0 Å². The molecule has 2 atom stereocenters. The molecule has 0 saturated heterocycles. The van der Waals surface area contributed by atoms with E-state index < -0.39 is 0 Å². The average Bonchev–Trinajstić information content (AvgIpc) is 2.18. The van der Waals surface area contributed by atoms with Crippen LogP contribution in [0.1, 0.15) is 37.9 Å². The first kappa shape index (κ1) is 9.53. The van der Waals surface area contributed by atoms with E-state index in [1.807, 2.05) is 24.3 Å². The molecule has 0 aliphatic carbocycles. The van der Waals surface area contributed by atoms with Crippen LogP contribution in [0.15, 0.2) is 24.3 Å². The third kappa shape index (κ3) is 1.75. The standard InChI is InChI=1S/C12H16O2/c1-2-5-9-8-11(13)10-6-3-4-7-12(10)14-9/h3-4,6-7,9,11,13H,2,5,8H2,1H3. The molecule has 76 valence electrons. The van der Waals surface area contributed by atoms with Gasteiger partial charge in [-0.2, -0.15) is 0 Å². The highest BCUT2D eigenvalue weighted by atomic mass is 16.5. The molecule has 2 rings (SSSR count). The van der Waals surface area contributed by atoms with E-state index in [0.717, 1.165) is 30.6 Å². The Hall–Kier alpha value is -1.02. The van der Waals surface area contributed by atoms with Crippen LogP contribution in [0.25, 0.3) is 0 Å². The third-order valence-corrected chi connectivity index (χ3v) is 2.67. The fourth-order valence-electron chi connectivity index (χ4n) is 1.97. The summed E-state index contributed by atoms with van der Waals surface area (Å²) in [4.78, 5) is 0. The quantitative estimate of drug-likeness (QED) is 0.780. The number of para-hydroxylation sites is 1. The topological polar surface area (TPSA) is 29.5 Å². The average molecular weight is 192 g/mol. The second-order valence-electron chi connectivity index (χ2n) is 3.82. The number of fused-ring (bicyclic) bond motifs is 1. The molecule has 0 spiro atoms. The Kier molecular flexibility index (Phi) is 2.73. The number of rotatable bonds is 2. The molecule has 1 aromatic rings. The zero-order chi connectivity index (χ0) is 9.97. The molecular weight excluding hydrogens is 176 g/mol. The predicted octanol–water partition coefficient (Wildman–Crippen LogP) is 2.67. The molecule has 14 heavy (non-hydrogen) atoms. The van der Waals surface area contributed by atoms with Gasteiger partial charge in [-0.15, -0.1) is 0 Å². The first-order chi connectivity index (χ1) is 6.81. The van der Waals surface area contributed by atoms with E-state index in [-0.39, 0.29) is 12.2 Å². The zero-order valence-corrected chi connectivity index (χ0v) is 8.44. The summed E-state index contributed by atoms with van der Waals surface area (Å²) < 4.78 is 5.78. The summed E-state index contributed by atoms with van der Waals surface area (Å²) in [5.74, 6) is 0.852. The van der Waals surface area contributed by atoms with Crippen LogP contribution in [-0.4, -0.2) is 11.2 Å². The smallest absolute Gasteiger partial charge is 0.125 e. The lowest BCUT2D eigenvalue weighted by Crippen LogP contribution is -2.25. The molecule has 1 aliphatic rings. The van der Waals surface area contributed by atoms with Gasteiger partial charge >= 0.3 is 0 Å². The van der Waals surface area contributed by atoms with E-state index >= 15 is 0 Å². The van der Waals surface area contributed by atoms with E-state index in [1.165, 1.54) is 0 Å². The van der Waals surface area contributed by atoms with Crippen molar-refractivity contribution in [3.63, 3.8) is 0 Å². The lowest BCUT2D eigenvalue weighted by molar-refractivity contribution is 0.0615. The number of benzene rings is 1. The molecule has 1 N–H and O–H groups in total. The maximum atomic E-state index is 9.88. The number of ether oxygens (including phenoxy) is 1. The van der Waals surface area contributed by atoms with Gasteiger partial charge in [-0.25, -0.2) is 0 Å². The number of hydrogen-bond donors (Lipinski definition) is 1. The van der Waals surface area contributed by atoms with Crippen molar-refractivity contribution >= 4 is 0 Å². The van der Waals surface area contributed by atoms with Crippen molar-refractivity contribution in [3.8, 4) is 5.75 Å². The van der Waals surface area contributed by atoms with Crippen LogP contribution in [0.3, 0.4) is 0 Å². The number of aliphatic hydroxyl groups excluding tert-OH is 1. The number of aliphatic hydroxyl groups is 1. The summed E-state index contributed by atoms with van der Waals surface area (Å²) >= 11 is 0. The van der Waals surface area contributed by atoms with Gasteiger partial charge in [0.1, 0.15) is 11.9 Å². The van der Waals surface area contributed by atoms with Gasteiger partial charge < -0.3 is 9.84 Å². The van der Waals surface area contributed by atoms with Crippen LogP contribution in [0.2, 0.25) is 0 Å². The van der Waals surface area contributed by atoms with Gasteiger partial charge in [-0.3, -0.25) is 0 Å². The summed E-state index contributed by atoms with van der Waals surface area (Å²) in [7, 11) is 0. The Morgan fingerprint density at radius 2 is 2.21 bits per heavy atom. The highest BCUT2D eigenvalue weighted by molar-refractivity contribution is 5.36. The highest BCUT2D eigenvalue weighted by Crippen LogP contribution is 2.35. The Morgan fingerprint density at radius 3 is 3.00 bits per heavy atom. The minimum Gasteiger partial charge on any atom is -0.490 e. The minimum atomic E-state index is -0.350. The first-order valence-electron chi connectivity index (χ1n) is 5.25. The molecule has 2 nitrogen and oxygen atoms in total. The molecule has 0 bridgehead atoms. The monoisotopic (exact) mass is 192 g/mol. The van der Waals surface area contributed by atoms with E-state index in [0.29, 0.717) is 0 Å². The normalized spacial score (nSPS) is 25.3. The maximum absolute atomic E-state index is 9.88. The van der Waals surface area contributed by atoms with Gasteiger partial charge in [-0.05, 0) is 12.5 Å². The summed E-state index contributed by atoms with van der Waals surface area (Å²) in [5, 5.41) is 9.88. The predicted molar refractivity (Wildman–Crippen MR) is 55.3 cm³/mol. The Balaban J connectivity index is 2.20. The van der Waals surface area contributed by atoms with Gasteiger partial charge in [0.25, 0.3) is 0 Å². The van der Waals surface area contributed by atoms with E-state index in [1.54, 1.807) is 0 Å². The zero-order valence-electron chi connectivity index (χ0n) is 8.44. The SMILES string of the molecule is CCCC1CC(O)c2ccccc2O1. The maximum Gasteiger partial charge on any atom is 0.125 e. The van der Waals surface area contributed by atoms with Crippen LogP contribution in [0, 0.1) is 0 Å². The first-order valence-corrected chi connectivity index (χ1v) is 5.25. The van der Waals surface area contributed by atoms with Crippen LogP contribution in [0.5, 0.6) is 5.75 Å². The molecule has 1 aliphatic heterocycles. The molecule has 1 heterocycles. The highest BCUT2D eigenvalue weighted by Gasteiger charge is 2.25. The molecular formula is C12H16O2. The van der Waals surface area contributed by atoms with Gasteiger partial charge in [0.15, 0.2) is 0 Å². The third-order valence-electron chi connectivity index (χ3n) is 2.67. The van der Waals surface area contributed by atoms with Crippen LogP contribution < -0.4 is 4.74 Å². The molecule has 0 aromatic heterocycles. The molecule has 2 unspecified atom stereocenters. The van der Waals surface area contributed by atoms with Crippen LogP contribution in [-0.2, 0) is 0 Å². The molecule has 0 amide bonds. The van der Waals surface area contributed by atoms with Crippen molar-refractivity contribution in [1.29, 1.82) is 0 Å². The minimum absolute atomic E-state index is 0.185.